The maximum absolute atomic E-state index is 5.60. The van der Waals surface area contributed by atoms with Crippen molar-refractivity contribution >= 4 is 11.8 Å². The van der Waals surface area contributed by atoms with Gasteiger partial charge in [-0.3, -0.25) is 0 Å². The third-order valence-corrected chi connectivity index (χ3v) is 4.51. The van der Waals surface area contributed by atoms with Crippen molar-refractivity contribution in [3.63, 3.8) is 0 Å². The van der Waals surface area contributed by atoms with E-state index in [1.165, 1.54) is 0 Å². The molecule has 3 aromatic rings. The summed E-state index contributed by atoms with van der Waals surface area (Å²) >= 11 is 1.69. The fourth-order valence-electron chi connectivity index (χ4n) is 2.17. The Labute approximate surface area is 138 Å². The van der Waals surface area contributed by atoms with Gasteiger partial charge in [0.1, 0.15) is 5.76 Å². The van der Waals surface area contributed by atoms with E-state index in [4.69, 9.17) is 14.8 Å². The molecule has 120 valence electrons. The van der Waals surface area contributed by atoms with E-state index < -0.39 is 0 Å². The molecule has 0 spiro atoms. The van der Waals surface area contributed by atoms with E-state index in [1.807, 2.05) is 38.1 Å². The summed E-state index contributed by atoms with van der Waals surface area (Å²) in [6.07, 6.45) is 0. The van der Waals surface area contributed by atoms with Crippen molar-refractivity contribution in [3.05, 3.63) is 52.7 Å². The summed E-state index contributed by atoms with van der Waals surface area (Å²) in [7, 11) is 0. The number of hydrogen-bond acceptors (Lipinski definition) is 7. The van der Waals surface area contributed by atoms with Crippen LogP contribution in [0.2, 0.25) is 0 Å². The van der Waals surface area contributed by atoms with E-state index in [0.29, 0.717) is 24.0 Å². The summed E-state index contributed by atoms with van der Waals surface area (Å²) in [4.78, 5) is 4.43. The zero-order valence-electron chi connectivity index (χ0n) is 13.1. The number of nitrogens with zero attached hydrogens (tertiary/aromatic N) is 3. The lowest BCUT2D eigenvalue weighted by Gasteiger charge is -1.98. The summed E-state index contributed by atoms with van der Waals surface area (Å²) in [6.45, 7) is 4.39. The van der Waals surface area contributed by atoms with Crippen molar-refractivity contribution in [2.45, 2.75) is 31.9 Å². The van der Waals surface area contributed by atoms with Crippen LogP contribution in [-0.4, -0.2) is 15.3 Å². The lowest BCUT2D eigenvalue weighted by molar-refractivity contribution is 0.391. The van der Waals surface area contributed by atoms with Gasteiger partial charge in [0.2, 0.25) is 11.7 Å². The first kappa shape index (κ1) is 15.8. The van der Waals surface area contributed by atoms with Gasteiger partial charge in [0.15, 0.2) is 0 Å². The number of hydrogen-bond donors (Lipinski definition) is 1. The minimum Gasteiger partial charge on any atom is -0.361 e. The van der Waals surface area contributed by atoms with Crippen LogP contribution in [0.4, 0.5) is 0 Å². The van der Waals surface area contributed by atoms with Crippen LogP contribution in [0.1, 0.15) is 28.5 Å². The normalized spacial score (nSPS) is 11.1. The maximum atomic E-state index is 5.60. The molecule has 0 aliphatic heterocycles. The second kappa shape index (κ2) is 6.97. The molecule has 0 bridgehead atoms. The summed E-state index contributed by atoms with van der Waals surface area (Å²) in [6, 6.07) is 7.84. The maximum Gasteiger partial charge on any atom is 0.236 e. The van der Waals surface area contributed by atoms with E-state index in [0.717, 1.165) is 33.9 Å². The Morgan fingerprint density at radius 3 is 2.48 bits per heavy atom. The molecule has 0 atom stereocenters. The average Bonchev–Trinajstić information content (AvgIpc) is 3.16. The molecule has 0 aliphatic carbocycles. The molecule has 1 aromatic carbocycles. The largest absolute Gasteiger partial charge is 0.361 e. The Kier molecular flexibility index (Phi) is 4.78. The third-order valence-electron chi connectivity index (χ3n) is 3.57. The zero-order chi connectivity index (χ0) is 16.2. The number of aromatic nitrogens is 3. The molecule has 0 saturated heterocycles. The van der Waals surface area contributed by atoms with Gasteiger partial charge < -0.3 is 14.8 Å². The number of aryl methyl sites for hydroxylation is 2. The molecule has 6 nitrogen and oxygen atoms in total. The van der Waals surface area contributed by atoms with Crippen molar-refractivity contribution in [1.82, 2.24) is 15.3 Å². The Balaban J connectivity index is 1.61. The molecular formula is C16H18N4O2S. The second-order valence-electron chi connectivity index (χ2n) is 5.21. The Morgan fingerprint density at radius 2 is 1.83 bits per heavy atom. The van der Waals surface area contributed by atoms with Gasteiger partial charge in [-0.15, -0.1) is 11.8 Å². The second-order valence-corrected chi connectivity index (χ2v) is 6.19. The van der Waals surface area contributed by atoms with Crippen molar-refractivity contribution in [2.24, 2.45) is 5.73 Å². The highest BCUT2D eigenvalue weighted by Gasteiger charge is 2.12. The van der Waals surface area contributed by atoms with E-state index in [-0.39, 0.29) is 0 Å². The molecule has 2 N–H and O–H groups in total. The highest BCUT2D eigenvalue weighted by atomic mass is 32.2. The number of rotatable bonds is 6. The first-order valence-electron chi connectivity index (χ1n) is 7.29. The van der Waals surface area contributed by atoms with Crippen molar-refractivity contribution in [1.29, 1.82) is 0 Å². The minimum atomic E-state index is 0.524. The lowest BCUT2D eigenvalue weighted by Crippen LogP contribution is -1.95. The monoisotopic (exact) mass is 330 g/mol. The van der Waals surface area contributed by atoms with Gasteiger partial charge >= 0.3 is 0 Å². The van der Waals surface area contributed by atoms with Gasteiger partial charge in [0.25, 0.3) is 0 Å². The highest BCUT2D eigenvalue weighted by molar-refractivity contribution is 7.97. The van der Waals surface area contributed by atoms with Crippen LogP contribution >= 0.6 is 11.8 Å². The molecular weight excluding hydrogens is 312 g/mol. The first-order chi connectivity index (χ1) is 11.2. The SMILES string of the molecule is Cc1noc(C)c1CSCc1nc(-c2ccc(CN)cc2)no1. The summed E-state index contributed by atoms with van der Waals surface area (Å²) in [5.74, 6) is 3.53. The van der Waals surface area contributed by atoms with E-state index in [9.17, 15) is 0 Å². The topological polar surface area (TPSA) is 91.0 Å². The Bertz CT molecular complexity index is 760. The van der Waals surface area contributed by atoms with Crippen molar-refractivity contribution < 1.29 is 9.05 Å². The van der Waals surface area contributed by atoms with Gasteiger partial charge in [-0.25, -0.2) is 0 Å². The van der Waals surface area contributed by atoms with Gasteiger partial charge in [0, 0.05) is 23.4 Å². The predicted molar refractivity (Wildman–Crippen MR) is 88.6 cm³/mol. The first-order valence-corrected chi connectivity index (χ1v) is 8.44. The molecule has 2 heterocycles. The number of nitrogens with two attached hydrogens (primary N) is 1. The minimum absolute atomic E-state index is 0.524. The lowest BCUT2D eigenvalue weighted by atomic mass is 10.1. The number of thioether (sulfide) groups is 1. The fraction of sp³-hybridized carbons (Fsp3) is 0.312. The summed E-state index contributed by atoms with van der Waals surface area (Å²) in [5.41, 5.74) is 9.66. The van der Waals surface area contributed by atoms with Crippen LogP contribution in [-0.2, 0) is 18.1 Å². The molecule has 0 radical (unpaired) electrons. The number of benzene rings is 1. The van der Waals surface area contributed by atoms with Crippen molar-refractivity contribution in [2.75, 3.05) is 0 Å². The zero-order valence-corrected chi connectivity index (χ0v) is 13.9. The summed E-state index contributed by atoms with van der Waals surface area (Å²) < 4.78 is 10.5. The van der Waals surface area contributed by atoms with Gasteiger partial charge in [-0.1, -0.05) is 34.6 Å². The summed E-state index contributed by atoms with van der Waals surface area (Å²) in [5, 5.41) is 7.98. The van der Waals surface area contributed by atoms with Gasteiger partial charge in [-0.05, 0) is 19.4 Å². The smallest absolute Gasteiger partial charge is 0.236 e. The standard InChI is InChI=1S/C16H18N4O2S/c1-10-14(11(2)21-19-10)8-23-9-15-18-16(20-22-15)13-5-3-12(7-17)4-6-13/h3-6H,7-9,17H2,1-2H3. The molecule has 0 unspecified atom stereocenters. The average molecular weight is 330 g/mol. The van der Waals surface area contributed by atoms with E-state index in [2.05, 4.69) is 15.3 Å². The quantitative estimate of drug-likeness (QED) is 0.742. The van der Waals surface area contributed by atoms with Crippen LogP contribution < -0.4 is 5.73 Å². The van der Waals surface area contributed by atoms with Crippen LogP contribution in [0, 0.1) is 13.8 Å². The third kappa shape index (κ3) is 3.62. The molecule has 7 heteroatoms. The molecule has 3 rings (SSSR count). The Morgan fingerprint density at radius 1 is 1.04 bits per heavy atom. The fourth-order valence-corrected chi connectivity index (χ4v) is 3.18. The van der Waals surface area contributed by atoms with Crippen LogP contribution in [0.15, 0.2) is 33.3 Å². The van der Waals surface area contributed by atoms with Gasteiger partial charge in [0.05, 0.1) is 11.4 Å². The van der Waals surface area contributed by atoms with E-state index >= 15 is 0 Å². The van der Waals surface area contributed by atoms with Gasteiger partial charge in [-0.2, -0.15) is 4.98 Å². The molecule has 23 heavy (non-hydrogen) atoms. The van der Waals surface area contributed by atoms with Crippen molar-refractivity contribution in [3.8, 4) is 11.4 Å². The molecule has 0 saturated carbocycles. The van der Waals surface area contributed by atoms with Crippen LogP contribution in [0.3, 0.4) is 0 Å². The molecule has 2 aromatic heterocycles. The Hall–Kier alpha value is -2.12. The predicted octanol–water partition coefficient (Wildman–Crippen LogP) is 3.23. The highest BCUT2D eigenvalue weighted by Crippen LogP contribution is 2.23. The molecule has 0 amide bonds. The van der Waals surface area contributed by atoms with E-state index in [1.54, 1.807) is 11.8 Å². The van der Waals surface area contributed by atoms with Crippen LogP contribution in [0.5, 0.6) is 0 Å². The molecule has 0 fully saturated rings. The van der Waals surface area contributed by atoms with Crippen LogP contribution in [0.25, 0.3) is 11.4 Å². The molecule has 0 aliphatic rings.